The van der Waals surface area contributed by atoms with Crippen LogP contribution in [0.1, 0.15) is 5.69 Å². The number of hydrogen-bond acceptors (Lipinski definition) is 3. The molecule has 0 aliphatic carbocycles. The molecule has 0 aliphatic rings. The number of rotatable bonds is 5. The van der Waals surface area contributed by atoms with E-state index >= 15 is 0 Å². The molecular weight excluding hydrogens is 271 g/mol. The fourth-order valence-corrected chi connectivity index (χ4v) is 1.72. The van der Waals surface area contributed by atoms with Crippen LogP contribution in [-0.2, 0) is 6.54 Å². The fraction of sp³-hybridized carbons (Fsp3) is 0.308. The van der Waals surface area contributed by atoms with Crippen LogP contribution in [0, 0.1) is 12.7 Å². The van der Waals surface area contributed by atoms with Crippen molar-refractivity contribution in [3.8, 4) is 5.75 Å². The molecule has 0 saturated heterocycles. The minimum Gasteiger partial charge on any atom is -0.491 e. The van der Waals surface area contributed by atoms with E-state index in [0.717, 1.165) is 5.69 Å². The van der Waals surface area contributed by atoms with Gasteiger partial charge in [0.1, 0.15) is 24.3 Å². The largest absolute Gasteiger partial charge is 0.491 e. The Morgan fingerprint density at radius 2 is 2.11 bits per heavy atom. The topological polar surface area (TPSA) is 47.3 Å². The van der Waals surface area contributed by atoms with Crippen LogP contribution in [0.3, 0.4) is 0 Å². The van der Waals surface area contributed by atoms with Gasteiger partial charge in [-0.3, -0.25) is 4.68 Å². The van der Waals surface area contributed by atoms with Crippen LogP contribution in [-0.4, -0.2) is 27.6 Å². The first-order chi connectivity index (χ1) is 9.06. The van der Waals surface area contributed by atoms with Crippen molar-refractivity contribution in [3.63, 3.8) is 0 Å². The van der Waals surface area contributed by atoms with E-state index in [1.807, 2.05) is 6.92 Å². The van der Waals surface area contributed by atoms with Crippen LogP contribution in [0.5, 0.6) is 5.75 Å². The van der Waals surface area contributed by atoms with Crippen molar-refractivity contribution in [2.45, 2.75) is 19.6 Å². The lowest BCUT2D eigenvalue weighted by Gasteiger charge is -2.13. The van der Waals surface area contributed by atoms with Crippen LogP contribution < -0.4 is 4.74 Å². The summed E-state index contributed by atoms with van der Waals surface area (Å²) in [5.74, 6) is 0.186. The van der Waals surface area contributed by atoms with Gasteiger partial charge in [-0.15, -0.1) is 0 Å². The summed E-state index contributed by atoms with van der Waals surface area (Å²) in [4.78, 5) is 0. The third-order valence-electron chi connectivity index (χ3n) is 2.68. The van der Waals surface area contributed by atoms with Crippen molar-refractivity contribution in [1.29, 1.82) is 0 Å². The van der Waals surface area contributed by atoms with Crippen molar-refractivity contribution < 1.29 is 14.2 Å². The Bertz CT molecular complexity index is 542. The summed E-state index contributed by atoms with van der Waals surface area (Å²) in [5, 5.41) is 14.5. The molecule has 6 heteroatoms. The summed E-state index contributed by atoms with van der Waals surface area (Å²) < 4.78 is 19.7. The number of aromatic nitrogens is 2. The van der Waals surface area contributed by atoms with Crippen molar-refractivity contribution >= 4 is 11.6 Å². The normalized spacial score (nSPS) is 12.4. The molecule has 1 unspecified atom stereocenters. The van der Waals surface area contributed by atoms with E-state index in [0.29, 0.717) is 17.3 Å². The van der Waals surface area contributed by atoms with E-state index in [1.54, 1.807) is 4.68 Å². The zero-order valence-electron chi connectivity index (χ0n) is 10.4. The highest BCUT2D eigenvalue weighted by atomic mass is 35.5. The minimum atomic E-state index is -0.722. The average molecular weight is 285 g/mol. The van der Waals surface area contributed by atoms with Gasteiger partial charge >= 0.3 is 0 Å². The number of aliphatic hydroxyl groups excluding tert-OH is 1. The Labute approximate surface area is 115 Å². The van der Waals surface area contributed by atoms with E-state index in [4.69, 9.17) is 16.3 Å². The predicted molar refractivity (Wildman–Crippen MR) is 69.9 cm³/mol. The summed E-state index contributed by atoms with van der Waals surface area (Å²) in [5.41, 5.74) is 0.794. The molecule has 1 aromatic carbocycles. The second-order valence-corrected chi connectivity index (χ2v) is 4.59. The van der Waals surface area contributed by atoms with Crippen molar-refractivity contribution in [2.75, 3.05) is 6.61 Å². The summed E-state index contributed by atoms with van der Waals surface area (Å²) in [6.45, 7) is 2.21. The number of hydrogen-bond donors (Lipinski definition) is 1. The number of halogens is 2. The van der Waals surface area contributed by atoms with E-state index in [1.165, 1.54) is 30.5 Å². The monoisotopic (exact) mass is 284 g/mol. The molecule has 2 aromatic rings. The highest BCUT2D eigenvalue weighted by Crippen LogP contribution is 2.14. The molecule has 1 aromatic heterocycles. The molecule has 4 nitrogen and oxygen atoms in total. The molecule has 1 N–H and O–H groups in total. The first kappa shape index (κ1) is 13.8. The van der Waals surface area contributed by atoms with Gasteiger partial charge in [-0.05, 0) is 31.2 Å². The molecule has 19 heavy (non-hydrogen) atoms. The van der Waals surface area contributed by atoms with Gasteiger partial charge < -0.3 is 9.84 Å². The Hall–Kier alpha value is -1.59. The number of ether oxygens (including phenoxy) is 1. The smallest absolute Gasteiger partial charge is 0.123 e. The number of benzene rings is 1. The van der Waals surface area contributed by atoms with Crippen LogP contribution in [0.4, 0.5) is 4.39 Å². The molecule has 0 fully saturated rings. The average Bonchev–Trinajstić information content (AvgIpc) is 2.70. The van der Waals surface area contributed by atoms with Gasteiger partial charge in [0, 0.05) is 0 Å². The third-order valence-corrected chi connectivity index (χ3v) is 3.05. The molecule has 2 rings (SSSR count). The van der Waals surface area contributed by atoms with Crippen molar-refractivity contribution in [1.82, 2.24) is 9.78 Å². The predicted octanol–water partition coefficient (Wildman–Crippen LogP) is 2.42. The lowest BCUT2D eigenvalue weighted by molar-refractivity contribution is 0.0887. The van der Waals surface area contributed by atoms with Crippen molar-refractivity contribution in [3.05, 3.63) is 47.0 Å². The van der Waals surface area contributed by atoms with Crippen LogP contribution in [0.25, 0.3) is 0 Å². The SMILES string of the molecule is Cc1c(Cl)cnn1CC(O)COc1ccc(F)cc1. The zero-order chi connectivity index (χ0) is 13.8. The van der Waals surface area contributed by atoms with Crippen molar-refractivity contribution in [2.24, 2.45) is 0 Å². The first-order valence-electron chi connectivity index (χ1n) is 5.80. The van der Waals surface area contributed by atoms with Gasteiger partial charge in [-0.1, -0.05) is 11.6 Å². The second kappa shape index (κ2) is 6.04. The minimum absolute atomic E-state index is 0.0998. The summed E-state index contributed by atoms with van der Waals surface area (Å²) >= 11 is 5.87. The maximum Gasteiger partial charge on any atom is 0.123 e. The summed E-state index contributed by atoms with van der Waals surface area (Å²) in [7, 11) is 0. The van der Waals surface area contributed by atoms with Gasteiger partial charge in [0.05, 0.1) is 23.5 Å². The first-order valence-corrected chi connectivity index (χ1v) is 6.18. The molecule has 0 saturated carbocycles. The molecule has 1 heterocycles. The summed E-state index contributed by atoms with van der Waals surface area (Å²) in [6, 6.07) is 5.63. The highest BCUT2D eigenvalue weighted by Gasteiger charge is 2.10. The van der Waals surface area contributed by atoms with Crippen LogP contribution in [0.15, 0.2) is 30.5 Å². The lowest BCUT2D eigenvalue weighted by Crippen LogP contribution is -2.24. The molecule has 1 atom stereocenters. The Morgan fingerprint density at radius 1 is 1.42 bits per heavy atom. The molecule has 0 bridgehead atoms. The third kappa shape index (κ3) is 3.68. The lowest BCUT2D eigenvalue weighted by atomic mass is 10.3. The fourth-order valence-electron chi connectivity index (χ4n) is 1.58. The Balaban J connectivity index is 1.86. The van der Waals surface area contributed by atoms with Gasteiger partial charge in [0.25, 0.3) is 0 Å². The van der Waals surface area contributed by atoms with Crippen LogP contribution >= 0.6 is 11.6 Å². The van der Waals surface area contributed by atoms with E-state index < -0.39 is 6.10 Å². The second-order valence-electron chi connectivity index (χ2n) is 4.18. The Morgan fingerprint density at radius 3 is 2.68 bits per heavy atom. The molecule has 0 amide bonds. The molecule has 102 valence electrons. The Kier molecular flexibility index (Phi) is 4.39. The number of aliphatic hydroxyl groups is 1. The highest BCUT2D eigenvalue weighted by molar-refractivity contribution is 6.31. The van der Waals surface area contributed by atoms with Gasteiger partial charge in [0.2, 0.25) is 0 Å². The molecule has 0 spiro atoms. The molecule has 0 radical (unpaired) electrons. The van der Waals surface area contributed by atoms with E-state index in [-0.39, 0.29) is 12.4 Å². The van der Waals surface area contributed by atoms with Crippen LogP contribution in [0.2, 0.25) is 5.02 Å². The van der Waals surface area contributed by atoms with Gasteiger partial charge in [-0.2, -0.15) is 5.10 Å². The van der Waals surface area contributed by atoms with E-state index in [2.05, 4.69) is 5.10 Å². The zero-order valence-corrected chi connectivity index (χ0v) is 11.1. The van der Waals surface area contributed by atoms with Gasteiger partial charge in [-0.25, -0.2) is 4.39 Å². The number of nitrogens with zero attached hydrogens (tertiary/aromatic N) is 2. The maximum atomic E-state index is 12.7. The van der Waals surface area contributed by atoms with Gasteiger partial charge in [0.15, 0.2) is 0 Å². The standard InChI is InChI=1S/C13H14ClFN2O2/c1-9-13(14)6-16-17(9)7-11(18)8-19-12-4-2-10(15)3-5-12/h2-6,11,18H,7-8H2,1H3. The molecular formula is C13H14ClFN2O2. The summed E-state index contributed by atoms with van der Waals surface area (Å²) in [6.07, 6.45) is 0.810. The molecule has 0 aliphatic heterocycles. The quantitative estimate of drug-likeness (QED) is 0.917. The maximum absolute atomic E-state index is 12.7. The van der Waals surface area contributed by atoms with E-state index in [9.17, 15) is 9.50 Å².